The van der Waals surface area contributed by atoms with Gasteiger partial charge in [-0.25, -0.2) is 0 Å². The van der Waals surface area contributed by atoms with Crippen LogP contribution in [0.4, 0.5) is 0 Å². The van der Waals surface area contributed by atoms with Gasteiger partial charge in [0.15, 0.2) is 5.12 Å². The Kier molecular flexibility index (Phi) is 11.9. The minimum Gasteiger partial charge on any atom is -1.00 e. The summed E-state index contributed by atoms with van der Waals surface area (Å²) in [7, 11) is -2.79. The summed E-state index contributed by atoms with van der Waals surface area (Å²) in [4.78, 5) is 11.0. The molecular formula is C8H19LiO4SSi. The predicted octanol–water partition coefficient (Wildman–Crippen LogP) is -1.07. The molecule has 7 heteroatoms. The van der Waals surface area contributed by atoms with E-state index in [1.54, 1.807) is 0 Å². The zero-order valence-corrected chi connectivity index (χ0v) is 12.0. The molecule has 0 aromatic heterocycles. The molecule has 0 N–H and O–H groups in total. The van der Waals surface area contributed by atoms with Gasteiger partial charge >= 0.3 is 26.8 Å². The van der Waals surface area contributed by atoms with Gasteiger partial charge in [-0.3, -0.25) is 4.79 Å². The molecule has 0 rings (SSSR count). The number of hydrogen-bond acceptors (Lipinski definition) is 5. The average Bonchev–Trinajstić information content (AvgIpc) is 2.03. The van der Waals surface area contributed by atoms with Crippen LogP contribution in [-0.4, -0.2) is 32.9 Å². The Balaban J connectivity index is -0.000000845. The molecular weight excluding hydrogens is 227 g/mol. The van der Waals surface area contributed by atoms with Crippen LogP contribution >= 0.6 is 11.2 Å². The molecule has 0 saturated heterocycles. The molecule has 0 spiro atoms. The third kappa shape index (κ3) is 7.58. The van der Waals surface area contributed by atoms with Crippen LogP contribution in [0.2, 0.25) is 0 Å². The monoisotopic (exact) mass is 246 g/mol. The van der Waals surface area contributed by atoms with Crippen LogP contribution in [0.3, 0.4) is 0 Å². The third-order valence-electron chi connectivity index (χ3n) is 1.23. The Bertz CT molecular complexity index is 170. The van der Waals surface area contributed by atoms with E-state index in [9.17, 15) is 4.79 Å². The zero-order valence-electron chi connectivity index (χ0n) is 11.2. The van der Waals surface area contributed by atoms with Crippen molar-refractivity contribution in [3.8, 4) is 0 Å². The molecule has 0 aliphatic heterocycles. The fraction of sp³-hybridized carbons (Fsp3) is 0.875. The van der Waals surface area contributed by atoms with Gasteiger partial charge < -0.3 is 14.7 Å². The van der Waals surface area contributed by atoms with Crippen molar-refractivity contribution in [3.05, 3.63) is 0 Å². The minimum atomic E-state index is -2.79. The van der Waals surface area contributed by atoms with Crippen molar-refractivity contribution in [1.82, 2.24) is 0 Å². The SMILES string of the molecule is CCO[Si](OCC)(OCC)SC(C)=O.[H-].[Li+]. The molecule has 0 aliphatic carbocycles. The normalized spacial score (nSPS) is 10.9. The summed E-state index contributed by atoms with van der Waals surface area (Å²) in [6, 6.07) is 0. The van der Waals surface area contributed by atoms with Gasteiger partial charge in [0.25, 0.3) is 0 Å². The van der Waals surface area contributed by atoms with E-state index in [4.69, 9.17) is 13.3 Å². The maximum Gasteiger partial charge on any atom is 1.00 e. The maximum absolute atomic E-state index is 11.0. The molecule has 0 aromatic carbocycles. The Morgan fingerprint density at radius 3 is 1.67 bits per heavy atom. The summed E-state index contributed by atoms with van der Waals surface area (Å²) < 4.78 is 16.4. The van der Waals surface area contributed by atoms with E-state index >= 15 is 0 Å². The Morgan fingerprint density at radius 1 is 1.13 bits per heavy atom. The van der Waals surface area contributed by atoms with Gasteiger partial charge in [-0.15, -0.1) is 0 Å². The van der Waals surface area contributed by atoms with E-state index in [1.807, 2.05) is 20.8 Å². The van der Waals surface area contributed by atoms with E-state index in [2.05, 4.69) is 0 Å². The first-order valence-electron chi connectivity index (χ1n) is 4.71. The minimum absolute atomic E-state index is 0. The fourth-order valence-electron chi connectivity index (χ4n) is 0.920. The second-order valence-corrected chi connectivity index (χ2v) is 7.15. The second-order valence-electron chi connectivity index (χ2n) is 2.39. The molecule has 15 heavy (non-hydrogen) atoms. The molecule has 0 radical (unpaired) electrons. The fourth-order valence-corrected chi connectivity index (χ4v) is 5.41. The molecule has 0 atom stereocenters. The number of rotatable bonds is 7. The summed E-state index contributed by atoms with van der Waals surface area (Å²) in [5, 5.41) is -0.0352. The largest absolute Gasteiger partial charge is 1.00 e. The number of carbonyl (C=O) groups is 1. The standard InChI is InChI=1S/C8H18O4SSi.Li.H/c1-5-10-14(11-6-2,12-7-3)13-8(4)9;;/h5-7H2,1-4H3;;/q;+1;-1. The Morgan fingerprint density at radius 2 is 1.47 bits per heavy atom. The van der Waals surface area contributed by atoms with Crippen LogP contribution in [0.15, 0.2) is 0 Å². The van der Waals surface area contributed by atoms with Crippen molar-refractivity contribution in [2.75, 3.05) is 19.8 Å². The molecule has 0 unspecified atom stereocenters. The third-order valence-corrected chi connectivity index (χ3v) is 6.37. The zero-order chi connectivity index (χ0) is 11.0. The topological polar surface area (TPSA) is 44.8 Å². The molecule has 0 bridgehead atoms. The van der Waals surface area contributed by atoms with Crippen LogP contribution in [0, 0.1) is 0 Å². The summed E-state index contributed by atoms with van der Waals surface area (Å²) in [5.41, 5.74) is 0. The molecule has 0 saturated carbocycles. The maximum atomic E-state index is 11.0. The second kappa shape index (κ2) is 9.91. The van der Waals surface area contributed by atoms with Crippen molar-refractivity contribution >= 4 is 24.3 Å². The molecule has 86 valence electrons. The smallest absolute Gasteiger partial charge is 1.00 e. The van der Waals surface area contributed by atoms with Gasteiger partial charge in [-0.2, -0.15) is 0 Å². The quantitative estimate of drug-likeness (QED) is 0.535. The predicted molar refractivity (Wildman–Crippen MR) is 60.0 cm³/mol. The van der Waals surface area contributed by atoms with Gasteiger partial charge in [0.1, 0.15) is 0 Å². The summed E-state index contributed by atoms with van der Waals surface area (Å²) in [5.74, 6) is 0. The average molecular weight is 246 g/mol. The van der Waals surface area contributed by atoms with E-state index in [0.29, 0.717) is 19.8 Å². The number of carbonyl (C=O) groups excluding carboxylic acids is 1. The van der Waals surface area contributed by atoms with Gasteiger partial charge in [0, 0.05) is 26.7 Å². The molecule has 4 nitrogen and oxygen atoms in total. The molecule has 0 aliphatic rings. The molecule has 0 amide bonds. The van der Waals surface area contributed by atoms with Gasteiger partial charge in [0.2, 0.25) is 0 Å². The molecule has 0 heterocycles. The summed E-state index contributed by atoms with van der Waals surface area (Å²) in [6.07, 6.45) is 0. The van der Waals surface area contributed by atoms with Crippen LogP contribution in [0.25, 0.3) is 0 Å². The summed E-state index contributed by atoms with van der Waals surface area (Å²) in [6.45, 7) is 8.55. The van der Waals surface area contributed by atoms with E-state index in [0.717, 1.165) is 11.2 Å². The first kappa shape index (κ1) is 18.1. The first-order valence-corrected chi connectivity index (χ1v) is 7.98. The van der Waals surface area contributed by atoms with E-state index < -0.39 is 7.95 Å². The van der Waals surface area contributed by atoms with Crippen LogP contribution in [0.1, 0.15) is 29.1 Å². The van der Waals surface area contributed by atoms with E-state index in [-0.39, 0.29) is 25.4 Å². The van der Waals surface area contributed by atoms with Crippen molar-refractivity contribution in [2.45, 2.75) is 27.7 Å². The van der Waals surface area contributed by atoms with Crippen LogP contribution in [-0.2, 0) is 18.1 Å². The summed E-state index contributed by atoms with van der Waals surface area (Å²) >= 11 is 1.05. The van der Waals surface area contributed by atoms with Crippen LogP contribution < -0.4 is 18.9 Å². The molecule has 0 aromatic rings. The number of hydrogen-bond donors (Lipinski definition) is 0. The Labute approximate surface area is 110 Å². The Hall–Kier alpha value is 0.714. The van der Waals surface area contributed by atoms with Crippen molar-refractivity contribution in [1.29, 1.82) is 0 Å². The van der Waals surface area contributed by atoms with Crippen molar-refractivity contribution in [3.63, 3.8) is 0 Å². The van der Waals surface area contributed by atoms with Crippen molar-refractivity contribution in [2.24, 2.45) is 0 Å². The van der Waals surface area contributed by atoms with Crippen molar-refractivity contribution < 1.29 is 38.4 Å². The van der Waals surface area contributed by atoms with Gasteiger partial charge in [-0.1, -0.05) is 0 Å². The van der Waals surface area contributed by atoms with Gasteiger partial charge in [0.05, 0.1) is 0 Å². The van der Waals surface area contributed by atoms with Gasteiger partial charge in [-0.05, 0) is 32.0 Å². The van der Waals surface area contributed by atoms with Crippen LogP contribution in [0.5, 0.6) is 0 Å². The molecule has 0 fully saturated rings. The first-order chi connectivity index (χ1) is 6.60. The van der Waals surface area contributed by atoms with E-state index in [1.165, 1.54) is 6.92 Å².